The first-order valence-corrected chi connectivity index (χ1v) is 12.0. The lowest BCUT2D eigenvalue weighted by atomic mass is 10.1. The van der Waals surface area contributed by atoms with Crippen LogP contribution in [0.1, 0.15) is 35.9 Å². The molecule has 1 aliphatic heterocycles. The molecule has 2 heterocycles. The number of carbonyl (C=O) groups excluding carboxylic acids is 2. The molecule has 1 aromatic heterocycles. The van der Waals surface area contributed by atoms with Crippen LogP contribution in [0.15, 0.2) is 53.7 Å². The number of hydrogen-bond acceptors (Lipinski definition) is 7. The molecular formula is C24H26FN5O3S. The minimum atomic E-state index is -0.293. The topological polar surface area (TPSA) is 98.1 Å². The molecule has 0 unspecified atom stereocenters. The quantitative estimate of drug-likeness (QED) is 0.330. The van der Waals surface area contributed by atoms with E-state index in [2.05, 4.69) is 20.8 Å². The highest BCUT2D eigenvalue weighted by atomic mass is 32.2. The summed E-state index contributed by atoms with van der Waals surface area (Å²) in [5.74, 6) is 0.368. The van der Waals surface area contributed by atoms with Crippen molar-refractivity contribution in [1.82, 2.24) is 14.8 Å². The van der Waals surface area contributed by atoms with E-state index in [9.17, 15) is 14.0 Å². The molecule has 34 heavy (non-hydrogen) atoms. The molecule has 1 fully saturated rings. The maximum absolute atomic E-state index is 13.2. The van der Waals surface area contributed by atoms with Gasteiger partial charge < -0.3 is 19.9 Å². The molecule has 1 atom stereocenters. The lowest BCUT2D eigenvalue weighted by Crippen LogP contribution is -2.20. The van der Waals surface area contributed by atoms with E-state index in [4.69, 9.17) is 4.74 Å². The highest BCUT2D eigenvalue weighted by Crippen LogP contribution is 2.22. The number of hydrogen-bond donors (Lipinski definition) is 2. The first kappa shape index (κ1) is 23.9. The van der Waals surface area contributed by atoms with Crippen molar-refractivity contribution in [3.05, 3.63) is 65.7 Å². The maximum atomic E-state index is 13.2. The van der Waals surface area contributed by atoms with Crippen LogP contribution in [0, 0.1) is 5.82 Å². The predicted molar refractivity (Wildman–Crippen MR) is 129 cm³/mol. The largest absolute Gasteiger partial charge is 0.378 e. The van der Waals surface area contributed by atoms with Crippen LogP contribution in [0.2, 0.25) is 0 Å². The summed E-state index contributed by atoms with van der Waals surface area (Å²) in [6, 6.07) is 12.9. The summed E-state index contributed by atoms with van der Waals surface area (Å²) < 4.78 is 20.9. The number of ether oxygens (including phenoxy) is 1. The zero-order chi connectivity index (χ0) is 23.9. The average molecular weight is 484 g/mol. The van der Waals surface area contributed by atoms with Crippen molar-refractivity contribution in [3.8, 4) is 0 Å². The number of amides is 1. The molecule has 4 rings (SSSR count). The molecule has 3 aromatic rings. The van der Waals surface area contributed by atoms with Crippen LogP contribution in [0.4, 0.5) is 15.8 Å². The molecule has 0 saturated carbocycles. The highest BCUT2D eigenvalue weighted by Gasteiger charge is 2.21. The van der Waals surface area contributed by atoms with Gasteiger partial charge in [0, 0.05) is 23.5 Å². The van der Waals surface area contributed by atoms with Gasteiger partial charge in [-0.3, -0.25) is 9.59 Å². The third kappa shape index (κ3) is 6.42. The Morgan fingerprint density at radius 2 is 1.85 bits per heavy atom. The van der Waals surface area contributed by atoms with E-state index in [1.807, 2.05) is 4.57 Å². The average Bonchev–Trinajstić information content (AvgIpc) is 3.48. The monoisotopic (exact) mass is 483 g/mol. The zero-order valence-corrected chi connectivity index (χ0v) is 19.6. The van der Waals surface area contributed by atoms with Gasteiger partial charge in [-0.2, -0.15) is 0 Å². The molecule has 1 aliphatic rings. The minimum Gasteiger partial charge on any atom is -0.378 e. The van der Waals surface area contributed by atoms with Crippen molar-refractivity contribution in [3.63, 3.8) is 0 Å². The summed E-state index contributed by atoms with van der Waals surface area (Å²) in [7, 11) is 0. The van der Waals surface area contributed by atoms with E-state index < -0.39 is 0 Å². The molecule has 2 aromatic carbocycles. The van der Waals surface area contributed by atoms with Crippen LogP contribution in [0.3, 0.4) is 0 Å². The number of rotatable bonds is 10. The second-order valence-electron chi connectivity index (χ2n) is 7.98. The van der Waals surface area contributed by atoms with Gasteiger partial charge in [-0.15, -0.1) is 10.2 Å². The summed E-state index contributed by atoms with van der Waals surface area (Å²) in [4.78, 5) is 23.9. The van der Waals surface area contributed by atoms with Gasteiger partial charge in [0.2, 0.25) is 5.91 Å². The van der Waals surface area contributed by atoms with E-state index in [-0.39, 0.29) is 29.4 Å². The van der Waals surface area contributed by atoms with Crippen molar-refractivity contribution >= 4 is 34.8 Å². The molecule has 1 amide bonds. The van der Waals surface area contributed by atoms with Crippen molar-refractivity contribution in [1.29, 1.82) is 0 Å². The fraction of sp³-hybridized carbons (Fsp3) is 0.333. The van der Waals surface area contributed by atoms with Gasteiger partial charge in [-0.05, 0) is 68.3 Å². The predicted octanol–water partition coefficient (Wildman–Crippen LogP) is 4.14. The Labute approximate surface area is 201 Å². The van der Waals surface area contributed by atoms with Crippen LogP contribution in [0.25, 0.3) is 0 Å². The summed E-state index contributed by atoms with van der Waals surface area (Å²) in [5.41, 5.74) is 1.99. The molecule has 10 heteroatoms. The molecule has 0 aliphatic carbocycles. The van der Waals surface area contributed by atoms with Gasteiger partial charge in [-0.25, -0.2) is 4.39 Å². The Hall–Kier alpha value is -3.24. The molecule has 178 valence electrons. The van der Waals surface area contributed by atoms with Crippen molar-refractivity contribution in [2.45, 2.75) is 44.1 Å². The van der Waals surface area contributed by atoms with Crippen LogP contribution in [0.5, 0.6) is 0 Å². The van der Waals surface area contributed by atoms with E-state index in [0.29, 0.717) is 35.3 Å². The van der Waals surface area contributed by atoms with Gasteiger partial charge in [-0.1, -0.05) is 11.8 Å². The van der Waals surface area contributed by atoms with Gasteiger partial charge in [0.05, 0.1) is 24.9 Å². The number of carbonyl (C=O) groups is 2. The summed E-state index contributed by atoms with van der Waals surface area (Å²) in [6.45, 7) is 3.24. The van der Waals surface area contributed by atoms with Gasteiger partial charge in [0.25, 0.3) is 0 Å². The smallest absolute Gasteiger partial charge is 0.234 e. The minimum absolute atomic E-state index is 0.0243. The second-order valence-corrected chi connectivity index (χ2v) is 8.92. The fourth-order valence-corrected chi connectivity index (χ4v) is 4.36. The summed E-state index contributed by atoms with van der Waals surface area (Å²) in [6.07, 6.45) is 2.06. The van der Waals surface area contributed by atoms with Gasteiger partial charge in [0.15, 0.2) is 16.8 Å². The molecule has 0 radical (unpaired) electrons. The van der Waals surface area contributed by atoms with E-state index in [1.165, 1.54) is 30.8 Å². The molecule has 0 spiro atoms. The summed E-state index contributed by atoms with van der Waals surface area (Å²) >= 11 is 1.30. The lowest BCUT2D eigenvalue weighted by molar-refractivity contribution is -0.113. The first-order chi connectivity index (χ1) is 16.5. The van der Waals surface area contributed by atoms with E-state index in [0.717, 1.165) is 25.1 Å². The number of halogens is 1. The molecular weight excluding hydrogens is 457 g/mol. The normalized spacial score (nSPS) is 15.3. The Balaban J connectivity index is 1.39. The molecule has 8 nitrogen and oxygen atoms in total. The van der Waals surface area contributed by atoms with Crippen LogP contribution in [-0.2, 0) is 22.6 Å². The Kier molecular flexibility index (Phi) is 7.91. The SMILES string of the molecule is CC(=O)c1ccc(NC(=O)CSc2nnc(CNc3ccc(F)cc3)n2C[C@@H]2CCCO2)cc1. The van der Waals surface area contributed by atoms with Crippen LogP contribution in [-0.4, -0.2) is 44.9 Å². The maximum Gasteiger partial charge on any atom is 0.234 e. The number of aromatic nitrogens is 3. The van der Waals surface area contributed by atoms with Crippen LogP contribution >= 0.6 is 11.8 Å². The van der Waals surface area contributed by atoms with Crippen LogP contribution < -0.4 is 10.6 Å². The number of Topliss-reactive ketones (excluding diaryl/α,β-unsaturated/α-hetero) is 1. The van der Waals surface area contributed by atoms with Gasteiger partial charge >= 0.3 is 0 Å². The van der Waals surface area contributed by atoms with Crippen molar-refractivity contribution in [2.24, 2.45) is 0 Å². The zero-order valence-electron chi connectivity index (χ0n) is 18.8. The number of anilines is 2. The van der Waals surface area contributed by atoms with Gasteiger partial charge in [0.1, 0.15) is 5.82 Å². The standard InChI is InChI=1S/C24H26FN5O3S/c1-16(31)17-4-8-20(9-5-17)27-23(32)15-34-24-29-28-22(30(24)14-21-3-2-12-33-21)13-26-19-10-6-18(25)7-11-19/h4-11,21,26H,2-3,12-15H2,1H3,(H,27,32)/t21-/m0/s1. The molecule has 0 bridgehead atoms. The van der Waals surface area contributed by atoms with Crippen molar-refractivity contribution in [2.75, 3.05) is 23.0 Å². The highest BCUT2D eigenvalue weighted by molar-refractivity contribution is 7.99. The fourth-order valence-electron chi connectivity index (χ4n) is 3.60. The Morgan fingerprint density at radius 1 is 1.12 bits per heavy atom. The molecule has 2 N–H and O–H groups in total. The van der Waals surface area contributed by atoms with E-state index >= 15 is 0 Å². The number of benzene rings is 2. The number of thioether (sulfide) groups is 1. The third-order valence-corrected chi connectivity index (χ3v) is 6.37. The second kappa shape index (κ2) is 11.3. The lowest BCUT2D eigenvalue weighted by Gasteiger charge is -2.15. The summed E-state index contributed by atoms with van der Waals surface area (Å²) in [5, 5.41) is 15.3. The number of nitrogens with one attached hydrogen (secondary N) is 2. The van der Waals surface area contributed by atoms with Crippen molar-refractivity contribution < 1.29 is 18.7 Å². The number of ketones is 1. The van der Waals surface area contributed by atoms with E-state index in [1.54, 1.807) is 36.4 Å². The molecule has 1 saturated heterocycles. The Bertz CT molecular complexity index is 1130. The first-order valence-electron chi connectivity index (χ1n) is 11.0. The number of nitrogens with zero attached hydrogens (tertiary/aromatic N) is 3. The Morgan fingerprint density at radius 3 is 2.53 bits per heavy atom. The third-order valence-electron chi connectivity index (χ3n) is 5.41.